The fraction of sp³-hybridized carbons (Fsp3) is 0.273. The lowest BCUT2D eigenvalue weighted by molar-refractivity contribution is 0.0725. The Bertz CT molecular complexity index is 1060. The van der Waals surface area contributed by atoms with Crippen molar-refractivity contribution in [3.05, 3.63) is 76.5 Å². The van der Waals surface area contributed by atoms with Crippen LogP contribution in [0.15, 0.2) is 64.7 Å². The van der Waals surface area contributed by atoms with Crippen LogP contribution in [-0.4, -0.2) is 44.1 Å². The standard InChI is InChI=1S/C22H22N4O2S/c1-15-4-2-3-5-19(15)29-17-8-12-26(13-9-17)22(28)18-14-24-20(25-21(18)27)16-6-10-23-11-7-16/h2-7,10-11,14,17H,8-9,12-13H2,1H3,(H,24,25,27). The molecule has 0 unspecified atom stereocenters. The minimum atomic E-state index is -0.409. The molecule has 0 bridgehead atoms. The maximum absolute atomic E-state index is 12.8. The number of piperidine rings is 1. The summed E-state index contributed by atoms with van der Waals surface area (Å²) in [6, 6.07) is 11.9. The third-order valence-electron chi connectivity index (χ3n) is 5.10. The lowest BCUT2D eigenvalue weighted by Gasteiger charge is -2.31. The van der Waals surface area contributed by atoms with E-state index in [4.69, 9.17) is 0 Å². The van der Waals surface area contributed by atoms with Gasteiger partial charge in [-0.05, 0) is 43.5 Å². The number of nitrogens with zero attached hydrogens (tertiary/aromatic N) is 3. The van der Waals surface area contributed by atoms with Gasteiger partial charge in [0.05, 0.1) is 0 Å². The van der Waals surface area contributed by atoms with Gasteiger partial charge in [0.15, 0.2) is 0 Å². The number of aromatic nitrogens is 3. The van der Waals surface area contributed by atoms with Crippen LogP contribution >= 0.6 is 11.8 Å². The van der Waals surface area contributed by atoms with Gasteiger partial charge in [-0.25, -0.2) is 4.98 Å². The largest absolute Gasteiger partial charge is 0.338 e. The number of hydrogen-bond acceptors (Lipinski definition) is 5. The van der Waals surface area contributed by atoms with Crippen LogP contribution in [0, 0.1) is 6.92 Å². The average molecular weight is 407 g/mol. The molecule has 0 radical (unpaired) electrons. The molecule has 6 nitrogen and oxygen atoms in total. The number of hydrogen-bond donors (Lipinski definition) is 1. The highest BCUT2D eigenvalue weighted by molar-refractivity contribution is 8.00. The molecule has 0 saturated carbocycles. The van der Waals surface area contributed by atoms with E-state index in [0.717, 1.165) is 18.4 Å². The summed E-state index contributed by atoms with van der Waals surface area (Å²) in [6.07, 6.45) is 6.46. The SMILES string of the molecule is Cc1ccccc1SC1CCN(C(=O)c2cnc(-c3ccncc3)[nH]c2=O)CC1. The van der Waals surface area contributed by atoms with E-state index in [1.54, 1.807) is 29.4 Å². The number of H-pyrrole nitrogens is 1. The predicted molar refractivity (Wildman–Crippen MR) is 114 cm³/mol. The van der Waals surface area contributed by atoms with E-state index in [1.165, 1.54) is 16.7 Å². The zero-order valence-electron chi connectivity index (χ0n) is 16.2. The summed E-state index contributed by atoms with van der Waals surface area (Å²) < 4.78 is 0. The number of aryl methyl sites for hydroxylation is 1. The molecule has 3 heterocycles. The van der Waals surface area contributed by atoms with Crippen molar-refractivity contribution in [3.8, 4) is 11.4 Å². The Balaban J connectivity index is 1.41. The van der Waals surface area contributed by atoms with Crippen LogP contribution in [0.2, 0.25) is 0 Å². The molecule has 4 rings (SSSR count). The van der Waals surface area contributed by atoms with Crippen LogP contribution in [0.5, 0.6) is 0 Å². The van der Waals surface area contributed by atoms with Gasteiger partial charge in [-0.3, -0.25) is 14.6 Å². The first-order valence-electron chi connectivity index (χ1n) is 9.63. The van der Waals surface area contributed by atoms with Gasteiger partial charge in [0.25, 0.3) is 11.5 Å². The number of benzene rings is 1. The lowest BCUT2D eigenvalue weighted by atomic mass is 10.1. The first-order chi connectivity index (χ1) is 14.1. The molecule has 29 heavy (non-hydrogen) atoms. The maximum Gasteiger partial charge on any atom is 0.264 e. The van der Waals surface area contributed by atoms with Crippen LogP contribution in [0.1, 0.15) is 28.8 Å². The summed E-state index contributed by atoms with van der Waals surface area (Å²) in [5.74, 6) is 0.182. The van der Waals surface area contributed by atoms with E-state index in [1.807, 2.05) is 17.8 Å². The van der Waals surface area contributed by atoms with Gasteiger partial charge in [-0.2, -0.15) is 0 Å². The van der Waals surface area contributed by atoms with Crippen LogP contribution in [0.25, 0.3) is 11.4 Å². The van der Waals surface area contributed by atoms with Crippen LogP contribution < -0.4 is 5.56 Å². The third-order valence-corrected chi connectivity index (χ3v) is 6.62. The summed E-state index contributed by atoms with van der Waals surface area (Å²) in [6.45, 7) is 3.41. The molecule has 0 spiro atoms. The van der Waals surface area contributed by atoms with E-state index in [0.29, 0.717) is 24.2 Å². The van der Waals surface area contributed by atoms with Crippen LogP contribution in [0.4, 0.5) is 0 Å². The van der Waals surface area contributed by atoms with Gasteiger partial charge in [0.2, 0.25) is 0 Å². The Morgan fingerprint density at radius 3 is 2.55 bits per heavy atom. The third kappa shape index (κ3) is 4.40. The van der Waals surface area contributed by atoms with Crippen molar-refractivity contribution >= 4 is 17.7 Å². The van der Waals surface area contributed by atoms with Gasteiger partial charge in [0, 0.05) is 47.4 Å². The van der Waals surface area contributed by atoms with Crippen molar-refractivity contribution in [1.29, 1.82) is 0 Å². The molecule has 1 N–H and O–H groups in total. The molecule has 0 atom stereocenters. The van der Waals surface area contributed by atoms with Gasteiger partial charge in [0.1, 0.15) is 11.4 Å². The molecule has 0 aliphatic carbocycles. The van der Waals surface area contributed by atoms with E-state index in [-0.39, 0.29) is 11.5 Å². The Hall–Kier alpha value is -2.93. The number of thioether (sulfide) groups is 1. The first-order valence-corrected chi connectivity index (χ1v) is 10.5. The van der Waals surface area contributed by atoms with Crippen molar-refractivity contribution < 1.29 is 4.79 Å². The molecule has 1 aliphatic rings. The van der Waals surface area contributed by atoms with Gasteiger partial charge < -0.3 is 9.88 Å². The van der Waals surface area contributed by atoms with Crippen molar-refractivity contribution in [3.63, 3.8) is 0 Å². The molecule has 148 valence electrons. The smallest absolute Gasteiger partial charge is 0.264 e. The Labute approximate surface area is 173 Å². The van der Waals surface area contributed by atoms with Crippen LogP contribution in [0.3, 0.4) is 0 Å². The van der Waals surface area contributed by atoms with E-state index >= 15 is 0 Å². The van der Waals surface area contributed by atoms with Crippen molar-refractivity contribution in [2.75, 3.05) is 13.1 Å². The second kappa shape index (κ2) is 8.61. The molecule has 7 heteroatoms. The Morgan fingerprint density at radius 1 is 1.14 bits per heavy atom. The fourth-order valence-electron chi connectivity index (χ4n) is 3.42. The molecule has 1 aliphatic heterocycles. The number of rotatable bonds is 4. The number of aromatic amines is 1. The molecule has 2 aromatic heterocycles. The lowest BCUT2D eigenvalue weighted by Crippen LogP contribution is -2.41. The zero-order valence-corrected chi connectivity index (χ0v) is 17.0. The van der Waals surface area contributed by atoms with Crippen LogP contribution in [-0.2, 0) is 0 Å². The highest BCUT2D eigenvalue weighted by Crippen LogP contribution is 2.32. The average Bonchev–Trinajstić information content (AvgIpc) is 2.76. The molecule has 3 aromatic rings. The van der Waals surface area contributed by atoms with Gasteiger partial charge >= 0.3 is 0 Å². The molecule has 1 fully saturated rings. The molecule has 1 aromatic carbocycles. The number of nitrogens with one attached hydrogen (secondary N) is 1. The number of carbonyl (C=O) groups excluding carboxylic acids is 1. The normalized spacial score (nSPS) is 14.7. The molecular formula is C22H22N4O2S. The predicted octanol–water partition coefficient (Wildman–Crippen LogP) is 3.54. The first kappa shape index (κ1) is 19.4. The van der Waals surface area contributed by atoms with Crippen molar-refractivity contribution in [1.82, 2.24) is 19.9 Å². The molecule has 1 saturated heterocycles. The minimum absolute atomic E-state index is 0.0906. The van der Waals surface area contributed by atoms with Crippen molar-refractivity contribution in [2.24, 2.45) is 0 Å². The summed E-state index contributed by atoms with van der Waals surface area (Å²) >= 11 is 1.88. The second-order valence-electron chi connectivity index (χ2n) is 7.09. The maximum atomic E-state index is 12.8. The minimum Gasteiger partial charge on any atom is -0.338 e. The van der Waals surface area contributed by atoms with Gasteiger partial charge in [-0.15, -0.1) is 11.8 Å². The fourth-order valence-corrected chi connectivity index (χ4v) is 4.64. The number of likely N-dealkylation sites (tertiary alicyclic amines) is 1. The van der Waals surface area contributed by atoms with Gasteiger partial charge in [-0.1, -0.05) is 18.2 Å². The number of amides is 1. The van der Waals surface area contributed by atoms with E-state index < -0.39 is 5.56 Å². The highest BCUT2D eigenvalue weighted by Gasteiger charge is 2.26. The monoisotopic (exact) mass is 406 g/mol. The quantitative estimate of drug-likeness (QED) is 0.717. The molecular weight excluding hydrogens is 384 g/mol. The topological polar surface area (TPSA) is 79.0 Å². The summed E-state index contributed by atoms with van der Waals surface area (Å²) in [5.41, 5.74) is 1.72. The molecule has 1 amide bonds. The zero-order chi connectivity index (χ0) is 20.2. The summed E-state index contributed by atoms with van der Waals surface area (Å²) in [5, 5.41) is 0.477. The second-order valence-corrected chi connectivity index (χ2v) is 8.43. The Kier molecular flexibility index (Phi) is 5.76. The summed E-state index contributed by atoms with van der Waals surface area (Å²) in [7, 11) is 0. The Morgan fingerprint density at radius 2 is 1.86 bits per heavy atom. The number of pyridine rings is 1. The van der Waals surface area contributed by atoms with E-state index in [9.17, 15) is 9.59 Å². The highest BCUT2D eigenvalue weighted by atomic mass is 32.2. The number of carbonyl (C=O) groups is 1. The van der Waals surface area contributed by atoms with Crippen molar-refractivity contribution in [2.45, 2.75) is 29.9 Å². The summed E-state index contributed by atoms with van der Waals surface area (Å²) in [4.78, 5) is 39.3. The van der Waals surface area contributed by atoms with E-state index in [2.05, 4.69) is 40.1 Å².